The maximum absolute atomic E-state index is 11.5. The Morgan fingerprint density at radius 3 is 2.85 bits per heavy atom. The number of halogens is 1. The Morgan fingerprint density at radius 2 is 2.10 bits per heavy atom. The lowest BCUT2D eigenvalue weighted by atomic mass is 10.2. The minimum atomic E-state index is -0.490. The van der Waals surface area contributed by atoms with Gasteiger partial charge in [0.1, 0.15) is 18.2 Å². The van der Waals surface area contributed by atoms with E-state index in [1.54, 1.807) is 0 Å². The average molecular weight is 312 g/mol. The molecule has 0 fully saturated rings. The number of fused-ring (bicyclic) bond motifs is 1. The normalized spacial score (nSPS) is 13.1. The molecule has 0 saturated carbocycles. The highest BCUT2D eigenvalue weighted by Gasteiger charge is 2.19. The fourth-order valence-electron chi connectivity index (χ4n) is 1.82. The summed E-state index contributed by atoms with van der Waals surface area (Å²) >= 11 is 7.14. The number of rotatable bonds is 2. The van der Waals surface area contributed by atoms with Crippen molar-refractivity contribution in [3.63, 3.8) is 0 Å². The van der Waals surface area contributed by atoms with Crippen molar-refractivity contribution in [2.24, 2.45) is 0 Å². The lowest BCUT2D eigenvalue weighted by molar-refractivity contribution is 0.0606. The molecule has 104 valence electrons. The maximum Gasteiger partial charge on any atom is 0.351 e. The molecule has 0 N–H and O–H groups in total. The van der Waals surface area contributed by atoms with Crippen molar-refractivity contribution in [3.05, 3.63) is 28.2 Å². The van der Waals surface area contributed by atoms with E-state index in [-0.39, 0.29) is 5.15 Å². The van der Waals surface area contributed by atoms with Gasteiger partial charge in [-0.3, -0.25) is 0 Å². The molecule has 3 rings (SSSR count). The molecule has 1 aliphatic rings. The molecule has 1 aromatic carbocycles. The number of thiazole rings is 1. The summed E-state index contributed by atoms with van der Waals surface area (Å²) in [6, 6.07) is 5.49. The molecule has 0 radical (unpaired) electrons. The molecule has 1 aromatic heterocycles. The van der Waals surface area contributed by atoms with Gasteiger partial charge in [-0.15, -0.1) is 11.3 Å². The zero-order valence-corrected chi connectivity index (χ0v) is 12.1. The number of carbonyl (C=O) groups excluding carboxylic acids is 1. The van der Waals surface area contributed by atoms with Crippen LogP contribution in [0.3, 0.4) is 0 Å². The van der Waals surface area contributed by atoms with Crippen LogP contribution in [0.5, 0.6) is 11.5 Å². The van der Waals surface area contributed by atoms with Crippen molar-refractivity contribution >= 4 is 28.9 Å². The number of methoxy groups -OCH3 is 1. The third-order valence-electron chi connectivity index (χ3n) is 2.75. The summed E-state index contributed by atoms with van der Waals surface area (Å²) in [7, 11) is 1.31. The molecule has 2 heterocycles. The van der Waals surface area contributed by atoms with Crippen LogP contribution in [-0.2, 0) is 4.74 Å². The second-order valence-corrected chi connectivity index (χ2v) is 5.35. The number of ether oxygens (including phenoxy) is 3. The van der Waals surface area contributed by atoms with E-state index < -0.39 is 5.97 Å². The summed E-state index contributed by atoms with van der Waals surface area (Å²) in [5.41, 5.74) is 0.816. The van der Waals surface area contributed by atoms with Gasteiger partial charge in [-0.25, -0.2) is 9.78 Å². The lowest BCUT2D eigenvalue weighted by Gasteiger charge is -2.18. The van der Waals surface area contributed by atoms with Crippen molar-refractivity contribution in [3.8, 4) is 22.1 Å². The second-order valence-electron chi connectivity index (χ2n) is 3.99. The zero-order chi connectivity index (χ0) is 14.1. The fraction of sp³-hybridized carbons (Fsp3) is 0.231. The van der Waals surface area contributed by atoms with E-state index in [2.05, 4.69) is 9.72 Å². The predicted molar refractivity (Wildman–Crippen MR) is 74.9 cm³/mol. The minimum Gasteiger partial charge on any atom is -0.486 e. The largest absolute Gasteiger partial charge is 0.486 e. The molecule has 0 atom stereocenters. The van der Waals surface area contributed by atoms with Crippen molar-refractivity contribution < 1.29 is 19.0 Å². The zero-order valence-electron chi connectivity index (χ0n) is 10.5. The van der Waals surface area contributed by atoms with Gasteiger partial charge in [-0.05, 0) is 18.2 Å². The average Bonchev–Trinajstić information content (AvgIpc) is 2.88. The van der Waals surface area contributed by atoms with Crippen LogP contribution in [0.4, 0.5) is 0 Å². The van der Waals surface area contributed by atoms with Gasteiger partial charge in [0.25, 0.3) is 0 Å². The summed E-state index contributed by atoms with van der Waals surface area (Å²) in [6.07, 6.45) is 0. The molecule has 0 saturated heterocycles. The van der Waals surface area contributed by atoms with Crippen LogP contribution < -0.4 is 9.47 Å². The van der Waals surface area contributed by atoms with E-state index in [4.69, 9.17) is 21.1 Å². The molecular formula is C13H10ClNO4S. The van der Waals surface area contributed by atoms with Crippen molar-refractivity contribution in [2.75, 3.05) is 20.3 Å². The number of nitrogens with zero attached hydrogens (tertiary/aromatic N) is 1. The summed E-state index contributed by atoms with van der Waals surface area (Å²) in [6.45, 7) is 1.06. The van der Waals surface area contributed by atoms with Crippen LogP contribution in [-0.4, -0.2) is 31.3 Å². The summed E-state index contributed by atoms with van der Waals surface area (Å²) < 4.78 is 15.6. The third kappa shape index (κ3) is 2.32. The Balaban J connectivity index is 1.99. The monoisotopic (exact) mass is 311 g/mol. The fourth-order valence-corrected chi connectivity index (χ4v) is 3.02. The molecular weight excluding hydrogens is 302 g/mol. The smallest absolute Gasteiger partial charge is 0.351 e. The SMILES string of the molecule is COC(=O)c1sc(-c2ccc3c(c2)OCCO3)nc1Cl. The molecule has 0 aliphatic carbocycles. The van der Waals surface area contributed by atoms with Gasteiger partial charge in [-0.1, -0.05) is 11.6 Å². The van der Waals surface area contributed by atoms with Crippen molar-refractivity contribution in [1.29, 1.82) is 0 Å². The number of aromatic nitrogens is 1. The van der Waals surface area contributed by atoms with Crippen LogP contribution in [0.25, 0.3) is 10.6 Å². The first kappa shape index (κ1) is 13.2. The Labute approximate surface area is 124 Å². The Hall–Kier alpha value is -1.79. The number of benzene rings is 1. The van der Waals surface area contributed by atoms with E-state index in [1.165, 1.54) is 18.4 Å². The summed E-state index contributed by atoms with van der Waals surface area (Å²) in [5.74, 6) is 0.881. The van der Waals surface area contributed by atoms with Crippen molar-refractivity contribution in [1.82, 2.24) is 4.98 Å². The van der Waals surface area contributed by atoms with Crippen LogP contribution >= 0.6 is 22.9 Å². The summed E-state index contributed by atoms with van der Waals surface area (Å²) in [4.78, 5) is 16.0. The van der Waals surface area contributed by atoms with Gasteiger partial charge in [0.2, 0.25) is 0 Å². The van der Waals surface area contributed by atoms with E-state index in [1.807, 2.05) is 18.2 Å². The van der Waals surface area contributed by atoms with Crippen LogP contribution in [0.2, 0.25) is 5.15 Å². The third-order valence-corrected chi connectivity index (χ3v) is 4.22. The van der Waals surface area contributed by atoms with Crippen LogP contribution in [0.15, 0.2) is 18.2 Å². The molecule has 7 heteroatoms. The standard InChI is InChI=1S/C13H10ClNO4S/c1-17-13(16)10-11(14)15-12(20-10)7-2-3-8-9(6-7)19-5-4-18-8/h2-3,6H,4-5H2,1H3. The Bertz CT molecular complexity index is 670. The maximum atomic E-state index is 11.5. The van der Waals surface area contributed by atoms with Gasteiger partial charge in [0.05, 0.1) is 7.11 Å². The lowest BCUT2D eigenvalue weighted by Crippen LogP contribution is -2.15. The number of esters is 1. The van der Waals surface area contributed by atoms with Gasteiger partial charge in [-0.2, -0.15) is 0 Å². The van der Waals surface area contributed by atoms with Gasteiger partial charge in [0, 0.05) is 5.56 Å². The molecule has 0 bridgehead atoms. The number of hydrogen-bond donors (Lipinski definition) is 0. The quantitative estimate of drug-likeness (QED) is 0.798. The van der Waals surface area contributed by atoms with E-state index in [0.717, 1.165) is 5.56 Å². The number of carbonyl (C=O) groups is 1. The van der Waals surface area contributed by atoms with E-state index in [0.29, 0.717) is 34.6 Å². The highest BCUT2D eigenvalue weighted by Crippen LogP contribution is 2.37. The van der Waals surface area contributed by atoms with Crippen molar-refractivity contribution in [2.45, 2.75) is 0 Å². The van der Waals surface area contributed by atoms with Gasteiger partial charge in [0.15, 0.2) is 21.5 Å². The molecule has 2 aromatic rings. The molecule has 5 nitrogen and oxygen atoms in total. The Kier molecular flexibility index (Phi) is 3.50. The minimum absolute atomic E-state index is 0.145. The molecule has 20 heavy (non-hydrogen) atoms. The molecule has 0 spiro atoms. The first-order valence-electron chi connectivity index (χ1n) is 5.83. The highest BCUT2D eigenvalue weighted by molar-refractivity contribution is 7.17. The van der Waals surface area contributed by atoms with E-state index in [9.17, 15) is 4.79 Å². The topological polar surface area (TPSA) is 57.7 Å². The molecule has 0 unspecified atom stereocenters. The van der Waals surface area contributed by atoms with Gasteiger partial charge >= 0.3 is 5.97 Å². The van der Waals surface area contributed by atoms with Crippen LogP contribution in [0.1, 0.15) is 9.67 Å². The molecule has 0 amide bonds. The number of hydrogen-bond acceptors (Lipinski definition) is 6. The van der Waals surface area contributed by atoms with E-state index >= 15 is 0 Å². The Morgan fingerprint density at radius 1 is 1.35 bits per heavy atom. The summed E-state index contributed by atoms with van der Waals surface area (Å²) in [5, 5.41) is 0.777. The first-order valence-corrected chi connectivity index (χ1v) is 7.03. The molecule has 1 aliphatic heterocycles. The van der Waals surface area contributed by atoms with Crippen LogP contribution in [0, 0.1) is 0 Å². The second kappa shape index (κ2) is 5.30. The highest BCUT2D eigenvalue weighted by atomic mass is 35.5. The predicted octanol–water partition coefficient (Wildman–Crippen LogP) is 3.02. The first-order chi connectivity index (χ1) is 9.69. The van der Waals surface area contributed by atoms with Gasteiger partial charge < -0.3 is 14.2 Å².